The third kappa shape index (κ3) is 4.58. The molecule has 1 aromatic carbocycles. The summed E-state index contributed by atoms with van der Waals surface area (Å²) in [7, 11) is 0. The minimum Gasteiger partial charge on any atom is -0.350 e. The molecule has 0 bridgehead atoms. The molecule has 0 atom stereocenters. The lowest BCUT2D eigenvalue weighted by molar-refractivity contribution is -0.137. The summed E-state index contributed by atoms with van der Waals surface area (Å²) in [6.07, 6.45) is 5.40. The van der Waals surface area contributed by atoms with E-state index in [1.54, 1.807) is 36.7 Å². The van der Waals surface area contributed by atoms with Gasteiger partial charge in [0.2, 0.25) is 11.8 Å². The molecule has 2 N–H and O–H groups in total. The minimum atomic E-state index is -0.248. The lowest BCUT2D eigenvalue weighted by atomic mass is 10.1. The molecular formula is C18H17ClN4O2. The number of amides is 2. The van der Waals surface area contributed by atoms with Crippen LogP contribution in [0.5, 0.6) is 0 Å². The van der Waals surface area contributed by atoms with E-state index in [9.17, 15) is 9.59 Å². The second-order valence-corrected chi connectivity index (χ2v) is 5.99. The van der Waals surface area contributed by atoms with Crippen molar-refractivity contribution in [1.82, 2.24) is 20.7 Å². The van der Waals surface area contributed by atoms with Crippen molar-refractivity contribution >= 4 is 29.1 Å². The van der Waals surface area contributed by atoms with E-state index in [-0.39, 0.29) is 24.8 Å². The zero-order valence-corrected chi connectivity index (χ0v) is 14.2. The Bertz CT molecular complexity index is 790. The maximum atomic E-state index is 12.1. The number of hydrazine groups is 1. The summed E-state index contributed by atoms with van der Waals surface area (Å²) in [6, 6.07) is 11.0. The average Bonchev–Trinajstić information content (AvgIpc) is 2.63. The van der Waals surface area contributed by atoms with Crippen LogP contribution >= 0.6 is 11.6 Å². The van der Waals surface area contributed by atoms with E-state index in [1.165, 1.54) is 5.01 Å². The SMILES string of the molecule is O=C(CN1NC(c2ccc(Cl)cc2)=CCC1=O)NCc1cccnc1. The maximum absolute atomic E-state index is 12.1. The molecule has 2 heterocycles. The highest BCUT2D eigenvalue weighted by molar-refractivity contribution is 6.30. The first kappa shape index (κ1) is 17.0. The zero-order valence-electron chi connectivity index (χ0n) is 13.4. The molecule has 0 unspecified atom stereocenters. The fourth-order valence-corrected chi connectivity index (χ4v) is 2.52. The number of aromatic nitrogens is 1. The van der Waals surface area contributed by atoms with Gasteiger partial charge in [0.25, 0.3) is 0 Å². The molecular weight excluding hydrogens is 340 g/mol. The predicted molar refractivity (Wildman–Crippen MR) is 95.0 cm³/mol. The number of pyridine rings is 1. The molecule has 0 aliphatic carbocycles. The molecule has 1 aliphatic heterocycles. The Morgan fingerprint density at radius 1 is 1.28 bits per heavy atom. The molecule has 1 aromatic heterocycles. The summed E-state index contributed by atoms with van der Waals surface area (Å²) < 4.78 is 0. The Kier molecular flexibility index (Phi) is 5.30. The summed E-state index contributed by atoms with van der Waals surface area (Å²) >= 11 is 5.89. The van der Waals surface area contributed by atoms with Crippen LogP contribution in [-0.4, -0.2) is 28.4 Å². The van der Waals surface area contributed by atoms with E-state index in [2.05, 4.69) is 15.7 Å². The number of hydrogen-bond acceptors (Lipinski definition) is 4. The minimum absolute atomic E-state index is 0.0655. The van der Waals surface area contributed by atoms with Gasteiger partial charge < -0.3 is 5.32 Å². The molecule has 2 amide bonds. The number of nitrogens with one attached hydrogen (secondary N) is 2. The molecule has 6 nitrogen and oxygen atoms in total. The van der Waals surface area contributed by atoms with Crippen molar-refractivity contribution in [3.05, 3.63) is 71.0 Å². The van der Waals surface area contributed by atoms with Crippen molar-refractivity contribution in [1.29, 1.82) is 0 Å². The standard InChI is InChI=1S/C18H17ClN4O2/c19-15-5-3-14(4-6-15)16-7-8-18(25)23(22-16)12-17(24)21-11-13-2-1-9-20-10-13/h1-7,9-10,22H,8,11-12H2,(H,21,24). The Hall–Kier alpha value is -2.86. The van der Waals surface area contributed by atoms with Crippen molar-refractivity contribution in [3.8, 4) is 0 Å². The van der Waals surface area contributed by atoms with Crippen LogP contribution in [0.1, 0.15) is 17.5 Å². The molecule has 0 fully saturated rings. The predicted octanol–water partition coefficient (Wildman–Crippen LogP) is 2.13. The topological polar surface area (TPSA) is 74.3 Å². The fourth-order valence-electron chi connectivity index (χ4n) is 2.40. The highest BCUT2D eigenvalue weighted by Crippen LogP contribution is 2.19. The van der Waals surface area contributed by atoms with Gasteiger partial charge in [-0.25, -0.2) is 5.01 Å². The van der Waals surface area contributed by atoms with E-state index in [4.69, 9.17) is 11.6 Å². The van der Waals surface area contributed by atoms with Gasteiger partial charge in [-0.1, -0.05) is 29.8 Å². The van der Waals surface area contributed by atoms with E-state index >= 15 is 0 Å². The largest absolute Gasteiger partial charge is 0.350 e. The number of halogens is 1. The maximum Gasteiger partial charge on any atom is 0.245 e. The highest BCUT2D eigenvalue weighted by atomic mass is 35.5. The van der Waals surface area contributed by atoms with Crippen molar-refractivity contribution < 1.29 is 9.59 Å². The first-order valence-corrected chi connectivity index (χ1v) is 8.18. The highest BCUT2D eigenvalue weighted by Gasteiger charge is 2.22. The van der Waals surface area contributed by atoms with Gasteiger partial charge in [-0.05, 0) is 35.4 Å². The molecule has 0 radical (unpaired) electrons. The second kappa shape index (κ2) is 7.81. The van der Waals surface area contributed by atoms with Crippen LogP contribution < -0.4 is 10.7 Å². The molecule has 7 heteroatoms. The van der Waals surface area contributed by atoms with Crippen LogP contribution in [0, 0.1) is 0 Å². The van der Waals surface area contributed by atoms with Gasteiger partial charge >= 0.3 is 0 Å². The van der Waals surface area contributed by atoms with E-state index in [0.717, 1.165) is 16.8 Å². The van der Waals surface area contributed by atoms with Gasteiger partial charge in [0.15, 0.2) is 0 Å². The number of hydrogen-bond donors (Lipinski definition) is 2. The normalized spacial score (nSPS) is 13.9. The van der Waals surface area contributed by atoms with Crippen LogP contribution in [0.25, 0.3) is 5.70 Å². The molecule has 25 heavy (non-hydrogen) atoms. The van der Waals surface area contributed by atoms with Crippen molar-refractivity contribution in [2.45, 2.75) is 13.0 Å². The van der Waals surface area contributed by atoms with E-state index in [1.807, 2.05) is 18.2 Å². The molecule has 1 aliphatic rings. The number of carbonyl (C=O) groups is 2. The van der Waals surface area contributed by atoms with Crippen LogP contribution in [0.2, 0.25) is 5.02 Å². The first-order valence-electron chi connectivity index (χ1n) is 7.80. The summed E-state index contributed by atoms with van der Waals surface area (Å²) in [6.45, 7) is 0.304. The lowest BCUT2D eigenvalue weighted by Crippen LogP contribution is -2.49. The van der Waals surface area contributed by atoms with Crippen molar-refractivity contribution in [3.63, 3.8) is 0 Å². The summed E-state index contributed by atoms with van der Waals surface area (Å²) in [4.78, 5) is 28.2. The van der Waals surface area contributed by atoms with Gasteiger partial charge in [-0.3, -0.25) is 20.0 Å². The van der Waals surface area contributed by atoms with Gasteiger partial charge in [-0.15, -0.1) is 0 Å². The van der Waals surface area contributed by atoms with Crippen LogP contribution in [-0.2, 0) is 16.1 Å². The van der Waals surface area contributed by atoms with Gasteiger partial charge in [-0.2, -0.15) is 0 Å². The summed E-state index contributed by atoms with van der Waals surface area (Å²) in [5.74, 6) is -0.406. The zero-order chi connectivity index (χ0) is 17.6. The number of carbonyl (C=O) groups excluding carboxylic acids is 2. The summed E-state index contributed by atoms with van der Waals surface area (Å²) in [5, 5.41) is 4.74. The smallest absolute Gasteiger partial charge is 0.245 e. The third-order valence-electron chi connectivity index (χ3n) is 3.71. The second-order valence-electron chi connectivity index (χ2n) is 5.56. The quantitative estimate of drug-likeness (QED) is 0.860. The molecule has 3 rings (SSSR count). The van der Waals surface area contributed by atoms with E-state index in [0.29, 0.717) is 11.6 Å². The van der Waals surface area contributed by atoms with E-state index < -0.39 is 0 Å². The number of benzene rings is 1. The van der Waals surface area contributed by atoms with Crippen LogP contribution in [0.15, 0.2) is 54.9 Å². The Morgan fingerprint density at radius 2 is 2.08 bits per heavy atom. The van der Waals surface area contributed by atoms with Gasteiger partial charge in [0, 0.05) is 30.4 Å². The Labute approximate surface area is 150 Å². The van der Waals surface area contributed by atoms with Crippen molar-refractivity contribution in [2.24, 2.45) is 0 Å². The third-order valence-corrected chi connectivity index (χ3v) is 3.96. The van der Waals surface area contributed by atoms with Crippen LogP contribution in [0.3, 0.4) is 0 Å². The first-order chi connectivity index (χ1) is 12.1. The Balaban J connectivity index is 1.58. The molecule has 0 saturated heterocycles. The molecule has 2 aromatic rings. The van der Waals surface area contributed by atoms with Gasteiger partial charge in [0.1, 0.15) is 6.54 Å². The Morgan fingerprint density at radius 3 is 2.80 bits per heavy atom. The molecule has 128 valence electrons. The summed E-state index contributed by atoms with van der Waals surface area (Å²) in [5.41, 5.74) is 5.57. The fraction of sp³-hybridized carbons (Fsp3) is 0.167. The van der Waals surface area contributed by atoms with Crippen molar-refractivity contribution in [2.75, 3.05) is 6.54 Å². The lowest BCUT2D eigenvalue weighted by Gasteiger charge is -2.28. The number of rotatable bonds is 5. The monoisotopic (exact) mass is 356 g/mol. The average molecular weight is 357 g/mol. The van der Waals surface area contributed by atoms with Crippen LogP contribution in [0.4, 0.5) is 0 Å². The molecule has 0 saturated carbocycles. The molecule has 0 spiro atoms. The van der Waals surface area contributed by atoms with Gasteiger partial charge in [0.05, 0.1) is 5.70 Å². The number of nitrogens with zero attached hydrogens (tertiary/aromatic N) is 2.